The molecule has 0 amide bonds. The Morgan fingerprint density at radius 3 is 1.26 bits per heavy atom. The largest absolute Gasteiger partial charge is 0.481 e. The van der Waals surface area contributed by atoms with Gasteiger partial charge in [-0.05, 0) is 114 Å². The molecule has 4 heterocycles. The van der Waals surface area contributed by atoms with Gasteiger partial charge >= 0.3 is 11.9 Å². The maximum Gasteiger partial charge on any atom is 0.303 e. The van der Waals surface area contributed by atoms with Gasteiger partial charge in [-0.25, -0.2) is 20.0 Å². The van der Waals surface area contributed by atoms with Gasteiger partial charge in [-0.15, -0.1) is 0 Å². The predicted molar refractivity (Wildman–Crippen MR) is 221 cm³/mol. The molecule has 58 heavy (non-hydrogen) atoms. The zero-order valence-electron chi connectivity index (χ0n) is 33.5. The van der Waals surface area contributed by atoms with Gasteiger partial charge in [0.15, 0.2) is 23.0 Å². The quantitative estimate of drug-likeness (QED) is 0.133. The summed E-state index contributed by atoms with van der Waals surface area (Å²) < 4.78 is 12.1. The molecule has 4 aliphatic rings. The molecule has 304 valence electrons. The van der Waals surface area contributed by atoms with Gasteiger partial charge in [0, 0.05) is 24.0 Å². The second kappa shape index (κ2) is 16.5. The van der Waals surface area contributed by atoms with Crippen LogP contribution in [0.4, 0.5) is 23.0 Å². The predicted octanol–water partition coefficient (Wildman–Crippen LogP) is 8.20. The van der Waals surface area contributed by atoms with E-state index >= 15 is 0 Å². The summed E-state index contributed by atoms with van der Waals surface area (Å²) in [6.07, 6.45) is 11.4. The third kappa shape index (κ3) is 8.95. The molecule has 2 fully saturated rings. The lowest BCUT2D eigenvalue weighted by molar-refractivity contribution is -0.139. The van der Waals surface area contributed by atoms with E-state index in [2.05, 4.69) is 68.5 Å². The fraction of sp³-hybridized carbons (Fsp3) is 0.455. The number of hydrogen-bond acceptors (Lipinski definition) is 12. The van der Waals surface area contributed by atoms with Gasteiger partial charge in [0.25, 0.3) is 0 Å². The zero-order chi connectivity index (χ0) is 41.2. The van der Waals surface area contributed by atoms with Gasteiger partial charge in [0.05, 0.1) is 11.4 Å². The third-order valence-electron chi connectivity index (χ3n) is 11.9. The van der Waals surface area contributed by atoms with Gasteiger partial charge in [-0.2, -0.15) is 9.97 Å². The van der Waals surface area contributed by atoms with Crippen LogP contribution in [0.1, 0.15) is 126 Å². The number of aliphatic carboxylic acids is 2. The number of nitrogen functional groups attached to an aromatic ring is 2. The number of hydrogen-bond donors (Lipinski definition) is 4. The number of anilines is 2. The number of aliphatic imine (C=N–C) groups is 2. The topological polar surface area (TPSA) is 221 Å². The molecular formula is C44H52N8O6. The lowest BCUT2D eigenvalue weighted by Crippen LogP contribution is -2.41. The first-order valence-corrected chi connectivity index (χ1v) is 20.1. The molecule has 2 aliphatic heterocycles. The average molecular weight is 789 g/mol. The Kier molecular flexibility index (Phi) is 11.5. The van der Waals surface area contributed by atoms with Gasteiger partial charge in [0.1, 0.15) is 23.9 Å². The monoisotopic (exact) mass is 788 g/mol. The number of rotatable bonds is 8. The number of nitrogens with two attached hydrogens (primary N) is 2. The summed E-state index contributed by atoms with van der Waals surface area (Å²) in [6, 6.07) is 16.9. The summed E-state index contributed by atoms with van der Waals surface area (Å²) >= 11 is 0. The van der Waals surface area contributed by atoms with Gasteiger partial charge < -0.3 is 31.2 Å². The molecule has 4 aromatic rings. The molecule has 2 aromatic carbocycles. The minimum absolute atomic E-state index is 0.287. The summed E-state index contributed by atoms with van der Waals surface area (Å²) in [5, 5.41) is 18.0. The van der Waals surface area contributed by atoms with Crippen molar-refractivity contribution in [3.05, 3.63) is 83.4 Å². The first-order chi connectivity index (χ1) is 27.7. The van der Waals surface area contributed by atoms with Gasteiger partial charge in [-0.3, -0.25) is 9.59 Å². The number of carbonyl (C=O) groups is 2. The Bertz CT molecular complexity index is 2050. The second-order valence-corrected chi connectivity index (χ2v) is 16.8. The Balaban J connectivity index is 0.000000177. The number of carboxylic acids is 2. The van der Waals surface area contributed by atoms with Crippen molar-refractivity contribution in [2.75, 3.05) is 11.5 Å². The van der Waals surface area contributed by atoms with Crippen molar-refractivity contribution in [2.45, 2.75) is 115 Å². The number of carboxylic acid groups (broad SMARTS) is 2. The van der Waals surface area contributed by atoms with Gasteiger partial charge in [-0.1, -0.05) is 48.5 Å². The molecule has 0 unspecified atom stereocenters. The van der Waals surface area contributed by atoms with Crippen LogP contribution in [0.15, 0.2) is 71.2 Å². The molecule has 0 spiro atoms. The Hall–Kier alpha value is -5.92. The van der Waals surface area contributed by atoms with Crippen LogP contribution in [-0.2, 0) is 9.59 Å². The molecular weight excluding hydrogens is 737 g/mol. The van der Waals surface area contributed by atoms with E-state index in [4.69, 9.17) is 41.1 Å². The summed E-state index contributed by atoms with van der Waals surface area (Å²) in [5.41, 5.74) is 17.7. The molecule has 8 rings (SSSR count). The Morgan fingerprint density at radius 2 is 0.931 bits per heavy atom. The van der Waals surface area contributed by atoms with Crippen molar-refractivity contribution < 1.29 is 29.3 Å². The van der Waals surface area contributed by atoms with E-state index in [1.807, 2.05) is 27.7 Å². The molecule has 14 nitrogen and oxygen atoms in total. The highest BCUT2D eigenvalue weighted by Gasteiger charge is 2.37. The van der Waals surface area contributed by atoms with Crippen molar-refractivity contribution >= 4 is 46.4 Å². The minimum atomic E-state index is -0.691. The molecule has 2 saturated carbocycles. The van der Waals surface area contributed by atoms with E-state index in [1.165, 1.54) is 23.8 Å². The highest BCUT2D eigenvalue weighted by Crippen LogP contribution is 2.42. The number of nitrogens with zero attached hydrogens (tertiary/aromatic N) is 6. The van der Waals surface area contributed by atoms with Gasteiger partial charge in [0.2, 0.25) is 11.8 Å². The highest BCUT2D eigenvalue weighted by molar-refractivity contribution is 6.10. The van der Waals surface area contributed by atoms with Crippen molar-refractivity contribution in [1.82, 2.24) is 19.9 Å². The SMILES string of the molecule is CC1(C)Oc2ncnc(N)c2N=C1c1ccc(C2CCC(CC(=O)O)CC2)cc1.CC1(C)Oc2ncnc(N)c2N=C1c1ccc(C2CCC(CC(=O)O)CC2)cc1. The van der Waals surface area contributed by atoms with E-state index in [-0.39, 0.29) is 12.8 Å². The fourth-order valence-electron chi connectivity index (χ4n) is 8.73. The van der Waals surface area contributed by atoms with Crippen LogP contribution in [0.5, 0.6) is 11.8 Å². The smallest absolute Gasteiger partial charge is 0.303 e. The van der Waals surface area contributed by atoms with E-state index < -0.39 is 23.1 Å². The molecule has 0 bridgehead atoms. The first kappa shape index (κ1) is 40.3. The summed E-state index contributed by atoms with van der Waals surface area (Å²) in [7, 11) is 0. The van der Waals surface area contributed by atoms with E-state index in [0.717, 1.165) is 73.9 Å². The zero-order valence-corrected chi connectivity index (χ0v) is 33.5. The Labute approximate surface area is 338 Å². The fourth-order valence-corrected chi connectivity index (χ4v) is 8.73. The standard InChI is InChI=1S/2C22H26N4O3/c2*1-22(2)19(26-18-20(23)24-12-25-21(18)29-22)16-9-7-15(8-10-16)14-5-3-13(4-6-14)11-17(27)28/h2*7-10,12-14H,3-6,11H2,1-2H3,(H,27,28)(H2,23,24,25). The highest BCUT2D eigenvalue weighted by atomic mass is 16.5. The van der Waals surface area contributed by atoms with E-state index in [0.29, 0.717) is 58.4 Å². The van der Waals surface area contributed by atoms with Crippen molar-refractivity contribution in [3.8, 4) is 11.8 Å². The molecule has 2 aromatic heterocycles. The molecule has 0 radical (unpaired) electrons. The number of benzene rings is 2. The number of fused-ring (bicyclic) bond motifs is 2. The summed E-state index contributed by atoms with van der Waals surface area (Å²) in [4.78, 5) is 47.6. The van der Waals surface area contributed by atoms with E-state index in [1.54, 1.807) is 0 Å². The second-order valence-electron chi connectivity index (χ2n) is 16.8. The molecule has 0 atom stereocenters. The normalized spacial score (nSPS) is 22.9. The van der Waals surface area contributed by atoms with Crippen LogP contribution in [0.3, 0.4) is 0 Å². The maximum atomic E-state index is 10.9. The lowest BCUT2D eigenvalue weighted by Gasteiger charge is -2.32. The molecule has 2 aliphatic carbocycles. The number of ether oxygens (including phenoxy) is 2. The summed E-state index contributed by atoms with van der Waals surface area (Å²) in [6.45, 7) is 7.85. The Morgan fingerprint density at radius 1 is 0.586 bits per heavy atom. The molecule has 0 saturated heterocycles. The number of aromatic nitrogens is 4. The van der Waals surface area contributed by atoms with Crippen LogP contribution in [0.2, 0.25) is 0 Å². The maximum absolute atomic E-state index is 10.9. The van der Waals surface area contributed by atoms with Crippen LogP contribution in [-0.4, -0.2) is 64.7 Å². The molecule has 6 N–H and O–H groups in total. The van der Waals surface area contributed by atoms with Crippen LogP contribution in [0.25, 0.3) is 0 Å². The van der Waals surface area contributed by atoms with Crippen LogP contribution in [0, 0.1) is 11.8 Å². The van der Waals surface area contributed by atoms with Crippen molar-refractivity contribution in [2.24, 2.45) is 21.8 Å². The van der Waals surface area contributed by atoms with E-state index in [9.17, 15) is 9.59 Å². The van der Waals surface area contributed by atoms with Crippen LogP contribution >= 0.6 is 0 Å². The van der Waals surface area contributed by atoms with Crippen molar-refractivity contribution in [1.29, 1.82) is 0 Å². The lowest BCUT2D eigenvalue weighted by atomic mass is 9.77. The average Bonchev–Trinajstić information content (AvgIpc) is 3.18. The first-order valence-electron chi connectivity index (χ1n) is 20.1. The van der Waals surface area contributed by atoms with Crippen LogP contribution < -0.4 is 20.9 Å². The van der Waals surface area contributed by atoms with Crippen molar-refractivity contribution in [3.63, 3.8) is 0 Å². The summed E-state index contributed by atoms with van der Waals surface area (Å²) in [5.74, 6) is 1.62. The third-order valence-corrected chi connectivity index (χ3v) is 11.9. The molecule has 14 heteroatoms. The minimum Gasteiger partial charge on any atom is -0.481 e.